The van der Waals surface area contributed by atoms with Gasteiger partial charge >= 0.3 is 5.97 Å². The van der Waals surface area contributed by atoms with Crippen LogP contribution in [0.25, 0.3) is 0 Å². The Morgan fingerprint density at radius 2 is 1.39 bits per heavy atom. The average molecular weight is 252 g/mol. The van der Waals surface area contributed by atoms with E-state index in [1.54, 1.807) is 20.8 Å². The quantitative estimate of drug-likeness (QED) is 0.559. The molecule has 1 aliphatic rings. The first kappa shape index (κ1) is 16.3. The average Bonchev–Trinajstić information content (AvgIpc) is 2.36. The number of hydrogen-bond acceptors (Lipinski definition) is 4. The van der Waals surface area contributed by atoms with Crippen molar-refractivity contribution < 1.29 is 19.1 Å². The summed E-state index contributed by atoms with van der Waals surface area (Å²) in [4.78, 5) is 34.2. The molecule has 0 atom stereocenters. The molecule has 0 unspecified atom stereocenters. The van der Waals surface area contributed by atoms with Crippen LogP contribution in [0.2, 0.25) is 0 Å². The minimum absolute atomic E-state index is 0.129. The van der Waals surface area contributed by atoms with Crippen molar-refractivity contribution in [3.05, 3.63) is 22.3 Å². The second-order valence-corrected chi connectivity index (χ2v) is 3.79. The first-order valence-corrected chi connectivity index (χ1v) is 5.96. The zero-order valence-corrected chi connectivity index (χ0v) is 11.8. The smallest absolute Gasteiger partial charge is 0.302 e. The Morgan fingerprint density at radius 1 is 0.944 bits per heavy atom. The van der Waals surface area contributed by atoms with Crippen LogP contribution in [0.1, 0.15) is 41.5 Å². The summed E-state index contributed by atoms with van der Waals surface area (Å²) in [5.74, 6) is -0.834. The summed E-state index contributed by atoms with van der Waals surface area (Å²) in [7, 11) is 0. The molecule has 0 aliphatic heterocycles. The number of carbonyl (C=O) groups excluding carboxylic acids is 3. The van der Waals surface area contributed by atoms with Crippen LogP contribution < -0.4 is 0 Å². The van der Waals surface area contributed by atoms with Crippen LogP contribution in [0, 0.1) is 0 Å². The third-order valence-electron chi connectivity index (χ3n) is 2.73. The Bertz CT molecular complexity index is 439. The van der Waals surface area contributed by atoms with Gasteiger partial charge in [-0.1, -0.05) is 13.8 Å². The molecule has 0 aromatic heterocycles. The third kappa shape index (κ3) is 3.39. The summed E-state index contributed by atoms with van der Waals surface area (Å²) in [6, 6.07) is 0. The van der Waals surface area contributed by atoms with E-state index in [0.717, 1.165) is 0 Å². The summed E-state index contributed by atoms with van der Waals surface area (Å²) < 4.78 is 4.76. The number of ether oxygens (including phenoxy) is 1. The van der Waals surface area contributed by atoms with Crippen LogP contribution in [0.15, 0.2) is 22.3 Å². The molecule has 0 radical (unpaired) electrons. The van der Waals surface area contributed by atoms with Crippen molar-refractivity contribution in [2.24, 2.45) is 0 Å². The zero-order chi connectivity index (χ0) is 14.5. The Balaban J connectivity index is 0.00000137. The third-order valence-corrected chi connectivity index (χ3v) is 2.73. The molecule has 1 aliphatic carbocycles. The van der Waals surface area contributed by atoms with Crippen molar-refractivity contribution in [3.8, 4) is 0 Å². The molecule has 0 spiro atoms. The predicted molar refractivity (Wildman–Crippen MR) is 69.1 cm³/mol. The van der Waals surface area contributed by atoms with Crippen LogP contribution >= 0.6 is 0 Å². The minimum atomic E-state index is -0.468. The van der Waals surface area contributed by atoms with Gasteiger partial charge in [-0.2, -0.15) is 0 Å². The lowest BCUT2D eigenvalue weighted by molar-refractivity contribution is -0.140. The van der Waals surface area contributed by atoms with E-state index in [0.29, 0.717) is 16.7 Å². The van der Waals surface area contributed by atoms with E-state index >= 15 is 0 Å². The number of esters is 1. The Morgan fingerprint density at radius 3 is 1.83 bits per heavy atom. The highest BCUT2D eigenvalue weighted by atomic mass is 16.5. The number of rotatable bonds is 2. The van der Waals surface area contributed by atoms with E-state index in [2.05, 4.69) is 0 Å². The van der Waals surface area contributed by atoms with Crippen molar-refractivity contribution in [1.29, 1.82) is 0 Å². The molecule has 0 saturated heterocycles. The molecular weight excluding hydrogens is 232 g/mol. The van der Waals surface area contributed by atoms with Crippen molar-refractivity contribution in [1.82, 2.24) is 0 Å². The molecule has 0 fully saturated rings. The maximum absolute atomic E-state index is 11.8. The lowest BCUT2D eigenvalue weighted by Crippen LogP contribution is -2.23. The lowest BCUT2D eigenvalue weighted by Gasteiger charge is -2.18. The van der Waals surface area contributed by atoms with Gasteiger partial charge in [0.2, 0.25) is 0 Å². The van der Waals surface area contributed by atoms with Gasteiger partial charge in [-0.05, 0) is 20.8 Å². The van der Waals surface area contributed by atoms with E-state index in [-0.39, 0.29) is 23.7 Å². The second-order valence-electron chi connectivity index (χ2n) is 3.79. The normalized spacial score (nSPS) is 15.4. The molecule has 4 nitrogen and oxygen atoms in total. The summed E-state index contributed by atoms with van der Waals surface area (Å²) >= 11 is 0. The number of ketones is 2. The van der Waals surface area contributed by atoms with E-state index in [9.17, 15) is 14.4 Å². The zero-order valence-electron chi connectivity index (χ0n) is 11.8. The number of Topliss-reactive ketones (excluding diaryl/α,β-unsaturated/α-hetero) is 2. The SMILES string of the molecule is CC.CC(=O)OCC1=C(C)C(=O)C(C)=C(C)C1=O. The van der Waals surface area contributed by atoms with Gasteiger partial charge in [0, 0.05) is 29.2 Å². The second kappa shape index (κ2) is 6.89. The number of hydrogen-bond donors (Lipinski definition) is 0. The van der Waals surface area contributed by atoms with Gasteiger partial charge in [0.25, 0.3) is 0 Å². The number of allylic oxidation sites excluding steroid dienone is 3. The van der Waals surface area contributed by atoms with Crippen LogP contribution in [0.5, 0.6) is 0 Å². The van der Waals surface area contributed by atoms with Crippen molar-refractivity contribution >= 4 is 17.5 Å². The van der Waals surface area contributed by atoms with Crippen molar-refractivity contribution in [2.75, 3.05) is 6.61 Å². The van der Waals surface area contributed by atoms with Crippen LogP contribution in [-0.2, 0) is 19.1 Å². The van der Waals surface area contributed by atoms with E-state index in [4.69, 9.17) is 4.74 Å². The Hall–Kier alpha value is -1.71. The fourth-order valence-corrected chi connectivity index (χ4v) is 1.50. The molecule has 0 heterocycles. The van der Waals surface area contributed by atoms with Crippen LogP contribution in [0.4, 0.5) is 0 Å². The molecule has 18 heavy (non-hydrogen) atoms. The fourth-order valence-electron chi connectivity index (χ4n) is 1.50. The largest absolute Gasteiger partial charge is 0.461 e. The van der Waals surface area contributed by atoms with Crippen LogP contribution in [-0.4, -0.2) is 24.1 Å². The van der Waals surface area contributed by atoms with Gasteiger partial charge in [0.1, 0.15) is 6.61 Å². The minimum Gasteiger partial charge on any atom is -0.461 e. The van der Waals surface area contributed by atoms with Gasteiger partial charge < -0.3 is 4.74 Å². The summed E-state index contributed by atoms with van der Waals surface area (Å²) in [5.41, 5.74) is 1.55. The van der Waals surface area contributed by atoms with Gasteiger partial charge in [0.05, 0.1) is 0 Å². The molecule has 0 bridgehead atoms. The fraction of sp³-hybridized carbons (Fsp3) is 0.500. The molecule has 4 heteroatoms. The van der Waals surface area contributed by atoms with Crippen molar-refractivity contribution in [3.63, 3.8) is 0 Å². The molecule has 100 valence electrons. The summed E-state index contributed by atoms with van der Waals surface area (Å²) in [6.07, 6.45) is 0. The van der Waals surface area contributed by atoms with Crippen molar-refractivity contribution in [2.45, 2.75) is 41.5 Å². The highest BCUT2D eigenvalue weighted by Crippen LogP contribution is 2.24. The maximum Gasteiger partial charge on any atom is 0.302 e. The molecule has 0 aromatic rings. The van der Waals surface area contributed by atoms with E-state index in [1.165, 1.54) is 6.92 Å². The molecule has 0 aromatic carbocycles. The van der Waals surface area contributed by atoms with Gasteiger partial charge in [0.15, 0.2) is 11.6 Å². The van der Waals surface area contributed by atoms with Crippen LogP contribution in [0.3, 0.4) is 0 Å². The summed E-state index contributed by atoms with van der Waals surface area (Å²) in [5, 5.41) is 0. The summed E-state index contributed by atoms with van der Waals surface area (Å²) in [6.45, 7) is 9.95. The first-order valence-electron chi connectivity index (χ1n) is 5.96. The van der Waals surface area contributed by atoms with Gasteiger partial charge in [-0.25, -0.2) is 0 Å². The molecule has 0 saturated carbocycles. The standard InChI is InChI=1S/C12H14O4.C2H6/c1-6-7(2)12(15)10(5-16-9(4)13)8(3)11(6)14;1-2/h5H2,1-4H3;1-2H3. The van der Waals surface area contributed by atoms with Gasteiger partial charge in [-0.15, -0.1) is 0 Å². The Kier molecular flexibility index (Phi) is 6.23. The first-order chi connectivity index (χ1) is 8.36. The lowest BCUT2D eigenvalue weighted by atomic mass is 9.86. The van der Waals surface area contributed by atoms with E-state index in [1.807, 2.05) is 13.8 Å². The molecule has 0 amide bonds. The highest BCUT2D eigenvalue weighted by molar-refractivity contribution is 6.24. The molecule has 0 N–H and O–H groups in total. The van der Waals surface area contributed by atoms with Gasteiger partial charge in [-0.3, -0.25) is 14.4 Å². The molecular formula is C14H20O4. The number of carbonyl (C=O) groups is 3. The maximum atomic E-state index is 11.8. The predicted octanol–water partition coefficient (Wildman–Crippen LogP) is 2.38. The highest BCUT2D eigenvalue weighted by Gasteiger charge is 2.28. The monoisotopic (exact) mass is 252 g/mol. The Labute approximate surface area is 108 Å². The topological polar surface area (TPSA) is 60.4 Å². The van der Waals surface area contributed by atoms with E-state index < -0.39 is 5.97 Å². The molecule has 1 rings (SSSR count).